The minimum atomic E-state index is -4.44. The van der Waals surface area contributed by atoms with E-state index < -0.39 is 11.7 Å². The van der Waals surface area contributed by atoms with Crippen LogP contribution in [0.15, 0.2) is 42.7 Å². The van der Waals surface area contributed by atoms with Gasteiger partial charge in [0.15, 0.2) is 0 Å². The third kappa shape index (κ3) is 1.92. The Balaban J connectivity index is 2.28. The molecule has 0 spiro atoms. The number of aromatic nitrogens is 4. The second-order valence-corrected chi connectivity index (χ2v) is 3.88. The van der Waals surface area contributed by atoms with Gasteiger partial charge in [0.25, 0.3) is 0 Å². The number of hydrogen-bond acceptors (Lipinski definition) is 3. The lowest BCUT2D eigenvalue weighted by molar-refractivity contribution is -0.137. The van der Waals surface area contributed by atoms with Crippen LogP contribution in [0.2, 0.25) is 0 Å². The average Bonchev–Trinajstić information content (AvgIpc) is 2.81. The predicted molar refractivity (Wildman–Crippen MR) is 61.7 cm³/mol. The zero-order chi connectivity index (χ0) is 13.5. The van der Waals surface area contributed by atoms with Gasteiger partial charge < -0.3 is 0 Å². The van der Waals surface area contributed by atoms with Crippen LogP contribution < -0.4 is 0 Å². The van der Waals surface area contributed by atoms with E-state index in [1.165, 1.54) is 35.3 Å². The number of para-hydroxylation sites is 1. The first kappa shape index (κ1) is 11.6. The Morgan fingerprint density at radius 2 is 1.84 bits per heavy atom. The summed E-state index contributed by atoms with van der Waals surface area (Å²) >= 11 is 0. The summed E-state index contributed by atoms with van der Waals surface area (Å²) < 4.78 is 40.1. The maximum absolute atomic E-state index is 13.0. The molecule has 0 amide bonds. The Morgan fingerprint density at radius 1 is 1.05 bits per heavy atom. The molecule has 0 radical (unpaired) electrons. The molecular formula is C12H7F3N4. The molecule has 0 saturated heterocycles. The van der Waals surface area contributed by atoms with Crippen molar-refractivity contribution in [2.75, 3.05) is 0 Å². The Kier molecular flexibility index (Phi) is 2.48. The van der Waals surface area contributed by atoms with Gasteiger partial charge in [0.1, 0.15) is 5.52 Å². The summed E-state index contributed by atoms with van der Waals surface area (Å²) in [5.74, 6) is 0. The fraction of sp³-hybridized carbons (Fsp3) is 0.0833. The van der Waals surface area contributed by atoms with E-state index in [2.05, 4.69) is 15.3 Å². The highest BCUT2D eigenvalue weighted by molar-refractivity contribution is 5.75. The number of benzene rings is 1. The highest BCUT2D eigenvalue weighted by atomic mass is 19.4. The number of halogens is 3. The molecule has 96 valence electrons. The van der Waals surface area contributed by atoms with Gasteiger partial charge in [-0.05, 0) is 18.2 Å². The van der Waals surface area contributed by atoms with Crippen LogP contribution >= 0.6 is 0 Å². The van der Waals surface area contributed by atoms with Crippen LogP contribution in [-0.2, 0) is 6.18 Å². The van der Waals surface area contributed by atoms with Gasteiger partial charge in [-0.1, -0.05) is 17.3 Å². The minimum Gasteiger partial charge on any atom is -0.262 e. The summed E-state index contributed by atoms with van der Waals surface area (Å²) in [6, 6.07) is 6.82. The summed E-state index contributed by atoms with van der Waals surface area (Å²) in [4.78, 5) is 3.85. The van der Waals surface area contributed by atoms with Gasteiger partial charge in [-0.15, -0.1) is 5.10 Å². The molecular weight excluding hydrogens is 257 g/mol. The molecule has 2 aromatic heterocycles. The van der Waals surface area contributed by atoms with Gasteiger partial charge >= 0.3 is 6.18 Å². The van der Waals surface area contributed by atoms with Crippen LogP contribution in [0, 0.1) is 0 Å². The molecule has 0 fully saturated rings. The molecule has 0 unspecified atom stereocenters. The SMILES string of the molecule is FC(F)(F)c1ccccc1-n1nnc2cnccc21. The zero-order valence-corrected chi connectivity index (χ0v) is 9.46. The van der Waals surface area contributed by atoms with Crippen LogP contribution in [0.1, 0.15) is 5.56 Å². The van der Waals surface area contributed by atoms with E-state index in [0.717, 1.165) is 6.07 Å². The topological polar surface area (TPSA) is 43.6 Å². The number of nitrogens with zero attached hydrogens (tertiary/aromatic N) is 4. The van der Waals surface area contributed by atoms with E-state index >= 15 is 0 Å². The minimum absolute atomic E-state index is 0.0521. The summed E-state index contributed by atoms with van der Waals surface area (Å²) in [6.45, 7) is 0. The Morgan fingerprint density at radius 3 is 2.63 bits per heavy atom. The largest absolute Gasteiger partial charge is 0.418 e. The van der Waals surface area contributed by atoms with Crippen molar-refractivity contribution in [1.29, 1.82) is 0 Å². The van der Waals surface area contributed by atoms with Gasteiger partial charge in [0, 0.05) is 6.20 Å². The van der Waals surface area contributed by atoms with Crippen molar-refractivity contribution in [3.8, 4) is 5.69 Å². The standard InChI is InChI=1S/C12H7F3N4/c13-12(14,15)8-3-1-2-4-10(8)19-11-5-6-16-7-9(11)17-18-19/h1-7H. The van der Waals surface area contributed by atoms with Gasteiger partial charge in [0.2, 0.25) is 0 Å². The molecule has 3 rings (SSSR count). The molecule has 0 saturated carbocycles. The molecule has 0 N–H and O–H groups in total. The molecule has 19 heavy (non-hydrogen) atoms. The summed E-state index contributed by atoms with van der Waals surface area (Å²) in [6.07, 6.45) is -1.50. The maximum Gasteiger partial charge on any atom is 0.418 e. The lowest BCUT2D eigenvalue weighted by atomic mass is 10.1. The lowest BCUT2D eigenvalue weighted by Crippen LogP contribution is -2.11. The van der Waals surface area contributed by atoms with Crippen LogP contribution in [-0.4, -0.2) is 20.0 Å². The third-order valence-electron chi connectivity index (χ3n) is 2.69. The van der Waals surface area contributed by atoms with Gasteiger partial charge in [-0.2, -0.15) is 13.2 Å². The second-order valence-electron chi connectivity index (χ2n) is 3.88. The van der Waals surface area contributed by atoms with Crippen LogP contribution in [0.25, 0.3) is 16.7 Å². The fourth-order valence-corrected chi connectivity index (χ4v) is 1.85. The van der Waals surface area contributed by atoms with Crippen molar-refractivity contribution in [3.63, 3.8) is 0 Å². The highest BCUT2D eigenvalue weighted by Crippen LogP contribution is 2.34. The highest BCUT2D eigenvalue weighted by Gasteiger charge is 2.34. The summed E-state index contributed by atoms with van der Waals surface area (Å²) in [5, 5.41) is 7.57. The zero-order valence-electron chi connectivity index (χ0n) is 9.46. The third-order valence-corrected chi connectivity index (χ3v) is 2.69. The molecule has 2 heterocycles. The predicted octanol–water partition coefficient (Wildman–Crippen LogP) is 2.83. The molecule has 0 aliphatic heterocycles. The Hall–Kier alpha value is -2.44. The van der Waals surface area contributed by atoms with Crippen LogP contribution in [0.3, 0.4) is 0 Å². The number of hydrogen-bond donors (Lipinski definition) is 0. The number of alkyl halides is 3. The van der Waals surface area contributed by atoms with Gasteiger partial charge in [-0.3, -0.25) is 4.98 Å². The molecule has 4 nitrogen and oxygen atoms in total. The Labute approximate surface area is 105 Å². The quantitative estimate of drug-likeness (QED) is 0.678. The van der Waals surface area contributed by atoms with E-state index in [1.807, 2.05) is 0 Å². The van der Waals surface area contributed by atoms with Crippen molar-refractivity contribution >= 4 is 11.0 Å². The number of rotatable bonds is 1. The van der Waals surface area contributed by atoms with E-state index in [0.29, 0.717) is 11.0 Å². The summed E-state index contributed by atoms with van der Waals surface area (Å²) in [7, 11) is 0. The molecule has 1 aromatic carbocycles. The van der Waals surface area contributed by atoms with E-state index in [9.17, 15) is 13.2 Å². The molecule has 0 aliphatic rings. The average molecular weight is 264 g/mol. The van der Waals surface area contributed by atoms with E-state index in [4.69, 9.17) is 0 Å². The van der Waals surface area contributed by atoms with Gasteiger partial charge in [-0.25, -0.2) is 4.68 Å². The van der Waals surface area contributed by atoms with Crippen molar-refractivity contribution in [3.05, 3.63) is 48.3 Å². The first-order valence-electron chi connectivity index (χ1n) is 5.39. The van der Waals surface area contributed by atoms with E-state index in [1.54, 1.807) is 6.07 Å². The number of pyridine rings is 1. The van der Waals surface area contributed by atoms with Crippen LogP contribution in [0.5, 0.6) is 0 Å². The first-order valence-corrected chi connectivity index (χ1v) is 5.39. The maximum atomic E-state index is 13.0. The summed E-state index contributed by atoms with van der Waals surface area (Å²) in [5.41, 5.74) is 0.119. The van der Waals surface area contributed by atoms with Crippen molar-refractivity contribution in [2.45, 2.75) is 6.18 Å². The monoisotopic (exact) mass is 264 g/mol. The van der Waals surface area contributed by atoms with Crippen molar-refractivity contribution in [2.24, 2.45) is 0 Å². The smallest absolute Gasteiger partial charge is 0.262 e. The molecule has 3 aromatic rings. The van der Waals surface area contributed by atoms with E-state index in [-0.39, 0.29) is 5.69 Å². The van der Waals surface area contributed by atoms with Crippen molar-refractivity contribution in [1.82, 2.24) is 20.0 Å². The molecule has 0 aliphatic carbocycles. The molecule has 7 heteroatoms. The lowest BCUT2D eigenvalue weighted by Gasteiger charge is -2.12. The Bertz CT molecular complexity index is 733. The molecule has 0 atom stereocenters. The first-order chi connectivity index (χ1) is 9.07. The fourth-order valence-electron chi connectivity index (χ4n) is 1.85. The van der Waals surface area contributed by atoms with Crippen molar-refractivity contribution < 1.29 is 13.2 Å². The number of fused-ring (bicyclic) bond motifs is 1. The van der Waals surface area contributed by atoms with Gasteiger partial charge in [0.05, 0.1) is 23.0 Å². The second kappa shape index (κ2) is 4.04. The molecule has 0 bridgehead atoms. The normalized spacial score (nSPS) is 11.9. The van der Waals surface area contributed by atoms with Crippen LogP contribution in [0.4, 0.5) is 13.2 Å².